The Labute approximate surface area is 90.6 Å². The Hall–Kier alpha value is -0.610. The fraction of sp³-hybridized carbons (Fsp3) is 0.909. The number of aliphatic hydroxyl groups is 1. The number of carbonyl (C=O) groups excluding carboxylic acids is 1. The van der Waals surface area contributed by atoms with Gasteiger partial charge in [0.15, 0.2) is 0 Å². The van der Waals surface area contributed by atoms with Gasteiger partial charge >= 0.3 is 5.97 Å². The van der Waals surface area contributed by atoms with Crippen molar-refractivity contribution in [3.8, 4) is 0 Å². The first kappa shape index (κ1) is 12.5. The standard InChI is InChI=1S/C11H20O4/c1-5-9-6(2)7(3)10(13)11(15-9)14-8(4)12/h6-7,9-11,13H,5H2,1-4H3. The molecule has 0 aromatic rings. The fourth-order valence-corrected chi connectivity index (χ4v) is 2.00. The molecule has 1 N–H and O–H groups in total. The van der Waals surface area contributed by atoms with Gasteiger partial charge in [-0.05, 0) is 18.3 Å². The number of rotatable bonds is 2. The smallest absolute Gasteiger partial charge is 0.305 e. The van der Waals surface area contributed by atoms with Gasteiger partial charge in [0.1, 0.15) is 6.10 Å². The third-order valence-electron chi connectivity index (χ3n) is 3.23. The largest absolute Gasteiger partial charge is 0.433 e. The van der Waals surface area contributed by atoms with Crippen molar-refractivity contribution in [3.63, 3.8) is 0 Å². The quantitative estimate of drug-likeness (QED) is 0.707. The molecule has 0 radical (unpaired) electrons. The van der Waals surface area contributed by atoms with Crippen LogP contribution in [0.15, 0.2) is 0 Å². The van der Waals surface area contributed by atoms with Crippen molar-refractivity contribution in [2.45, 2.75) is 52.6 Å². The van der Waals surface area contributed by atoms with Gasteiger partial charge in [-0.1, -0.05) is 20.8 Å². The number of esters is 1. The molecule has 4 heteroatoms. The first-order valence-corrected chi connectivity index (χ1v) is 5.48. The van der Waals surface area contributed by atoms with Gasteiger partial charge in [-0.15, -0.1) is 0 Å². The zero-order valence-electron chi connectivity index (χ0n) is 9.77. The Morgan fingerprint density at radius 3 is 2.47 bits per heavy atom. The average Bonchev–Trinajstić information content (AvgIpc) is 2.18. The molecule has 0 saturated carbocycles. The molecule has 15 heavy (non-hydrogen) atoms. The monoisotopic (exact) mass is 216 g/mol. The van der Waals surface area contributed by atoms with E-state index in [1.165, 1.54) is 6.92 Å². The summed E-state index contributed by atoms with van der Waals surface area (Å²) >= 11 is 0. The molecule has 5 unspecified atom stereocenters. The Morgan fingerprint density at radius 1 is 1.40 bits per heavy atom. The number of ether oxygens (including phenoxy) is 2. The van der Waals surface area contributed by atoms with E-state index in [4.69, 9.17) is 9.47 Å². The molecular weight excluding hydrogens is 196 g/mol. The van der Waals surface area contributed by atoms with Crippen molar-refractivity contribution in [1.29, 1.82) is 0 Å². The second-order valence-electron chi connectivity index (χ2n) is 4.27. The molecular formula is C11H20O4. The zero-order valence-corrected chi connectivity index (χ0v) is 9.77. The molecule has 1 heterocycles. The van der Waals surface area contributed by atoms with E-state index in [1.54, 1.807) is 0 Å². The Morgan fingerprint density at radius 2 is 2.00 bits per heavy atom. The van der Waals surface area contributed by atoms with Crippen molar-refractivity contribution in [1.82, 2.24) is 0 Å². The first-order chi connectivity index (χ1) is 6.97. The van der Waals surface area contributed by atoms with Gasteiger partial charge in [0, 0.05) is 6.92 Å². The normalized spacial score (nSPS) is 41.3. The van der Waals surface area contributed by atoms with Crippen molar-refractivity contribution in [2.75, 3.05) is 0 Å². The minimum atomic E-state index is -0.807. The van der Waals surface area contributed by atoms with Crippen LogP contribution in [0.25, 0.3) is 0 Å². The van der Waals surface area contributed by atoms with Gasteiger partial charge < -0.3 is 14.6 Å². The molecule has 1 aliphatic rings. The summed E-state index contributed by atoms with van der Waals surface area (Å²) in [7, 11) is 0. The average molecular weight is 216 g/mol. The lowest BCUT2D eigenvalue weighted by Crippen LogP contribution is -2.50. The van der Waals surface area contributed by atoms with Gasteiger partial charge in [-0.25, -0.2) is 0 Å². The summed E-state index contributed by atoms with van der Waals surface area (Å²) in [6, 6.07) is 0. The molecule has 1 fully saturated rings. The van der Waals surface area contributed by atoms with E-state index in [-0.39, 0.29) is 17.9 Å². The SMILES string of the molecule is CCC1OC(OC(C)=O)C(O)C(C)C1C. The predicted octanol–water partition coefficient (Wildman–Crippen LogP) is 1.32. The van der Waals surface area contributed by atoms with E-state index in [1.807, 2.05) is 20.8 Å². The number of hydrogen-bond acceptors (Lipinski definition) is 4. The van der Waals surface area contributed by atoms with Crippen LogP contribution in [0.5, 0.6) is 0 Å². The van der Waals surface area contributed by atoms with E-state index in [0.717, 1.165) is 6.42 Å². The summed E-state index contributed by atoms with van der Waals surface area (Å²) in [4.78, 5) is 10.8. The van der Waals surface area contributed by atoms with Gasteiger partial charge in [0.2, 0.25) is 6.29 Å². The molecule has 5 atom stereocenters. The Balaban J connectivity index is 2.69. The van der Waals surface area contributed by atoms with Gasteiger partial charge in [0.25, 0.3) is 0 Å². The fourth-order valence-electron chi connectivity index (χ4n) is 2.00. The van der Waals surface area contributed by atoms with Crippen LogP contribution < -0.4 is 0 Å². The lowest BCUT2D eigenvalue weighted by Gasteiger charge is -2.41. The van der Waals surface area contributed by atoms with E-state index >= 15 is 0 Å². The van der Waals surface area contributed by atoms with Gasteiger partial charge in [-0.3, -0.25) is 4.79 Å². The van der Waals surface area contributed by atoms with Crippen LogP contribution >= 0.6 is 0 Å². The predicted molar refractivity (Wildman–Crippen MR) is 55.1 cm³/mol. The van der Waals surface area contributed by atoms with Crippen LogP contribution in [0.3, 0.4) is 0 Å². The molecule has 4 nitrogen and oxygen atoms in total. The van der Waals surface area contributed by atoms with E-state index in [9.17, 15) is 9.90 Å². The highest BCUT2D eigenvalue weighted by atomic mass is 16.7. The van der Waals surface area contributed by atoms with Crippen LogP contribution in [0.4, 0.5) is 0 Å². The maximum Gasteiger partial charge on any atom is 0.305 e. The van der Waals surface area contributed by atoms with Crippen molar-refractivity contribution >= 4 is 5.97 Å². The molecule has 0 bridgehead atoms. The van der Waals surface area contributed by atoms with E-state index < -0.39 is 18.4 Å². The highest BCUT2D eigenvalue weighted by molar-refractivity contribution is 5.66. The van der Waals surface area contributed by atoms with E-state index in [2.05, 4.69) is 0 Å². The highest BCUT2D eigenvalue weighted by Crippen LogP contribution is 2.32. The second kappa shape index (κ2) is 4.94. The summed E-state index contributed by atoms with van der Waals surface area (Å²) in [5.41, 5.74) is 0. The molecule has 1 aliphatic heterocycles. The summed E-state index contributed by atoms with van der Waals surface area (Å²) in [6.45, 7) is 7.35. The van der Waals surface area contributed by atoms with Gasteiger partial charge in [-0.2, -0.15) is 0 Å². The minimum Gasteiger partial charge on any atom is -0.433 e. The lowest BCUT2D eigenvalue weighted by atomic mass is 9.83. The van der Waals surface area contributed by atoms with E-state index in [0.29, 0.717) is 0 Å². The molecule has 0 spiro atoms. The maximum absolute atomic E-state index is 10.8. The molecule has 1 rings (SSSR count). The lowest BCUT2D eigenvalue weighted by molar-refractivity contribution is -0.261. The molecule has 0 aliphatic carbocycles. The highest BCUT2D eigenvalue weighted by Gasteiger charge is 2.41. The van der Waals surface area contributed by atoms with Crippen LogP contribution in [-0.4, -0.2) is 29.6 Å². The molecule has 0 aromatic heterocycles. The molecule has 0 amide bonds. The molecule has 0 aromatic carbocycles. The minimum absolute atomic E-state index is 0.0488. The number of hydrogen-bond donors (Lipinski definition) is 1. The van der Waals surface area contributed by atoms with Crippen LogP contribution in [0.2, 0.25) is 0 Å². The number of carbonyl (C=O) groups is 1. The third kappa shape index (κ3) is 2.69. The summed E-state index contributed by atoms with van der Waals surface area (Å²) < 4.78 is 10.5. The third-order valence-corrected chi connectivity index (χ3v) is 3.23. The van der Waals surface area contributed by atoms with Gasteiger partial charge in [0.05, 0.1) is 6.10 Å². The topological polar surface area (TPSA) is 55.8 Å². The summed E-state index contributed by atoms with van der Waals surface area (Å²) in [5, 5.41) is 9.87. The molecule has 1 saturated heterocycles. The summed E-state index contributed by atoms with van der Waals surface area (Å²) in [6.07, 6.45) is -0.631. The van der Waals surface area contributed by atoms with Crippen molar-refractivity contribution in [2.24, 2.45) is 11.8 Å². The zero-order chi connectivity index (χ0) is 11.6. The van der Waals surface area contributed by atoms with Crippen molar-refractivity contribution < 1.29 is 19.4 Å². The van der Waals surface area contributed by atoms with Crippen LogP contribution in [0, 0.1) is 11.8 Å². The van der Waals surface area contributed by atoms with Crippen LogP contribution in [0.1, 0.15) is 34.1 Å². The maximum atomic E-state index is 10.8. The molecule has 88 valence electrons. The Kier molecular flexibility index (Phi) is 4.11. The Bertz CT molecular complexity index is 227. The second-order valence-corrected chi connectivity index (χ2v) is 4.27. The van der Waals surface area contributed by atoms with Crippen LogP contribution in [-0.2, 0) is 14.3 Å². The number of aliphatic hydroxyl groups excluding tert-OH is 1. The first-order valence-electron chi connectivity index (χ1n) is 5.48. The summed E-state index contributed by atoms with van der Waals surface area (Å²) in [5.74, 6) is -0.0690. The van der Waals surface area contributed by atoms with Crippen molar-refractivity contribution in [3.05, 3.63) is 0 Å².